The van der Waals surface area contributed by atoms with Gasteiger partial charge in [0.25, 0.3) is 17.5 Å². The average molecular weight is 357 g/mol. The SMILES string of the molecule is CN1C(=O)/C(=C\c2ccc(-c3ccc([N+](=O)[O-])cc3)o2)C(=O)NC1=S. The standard InChI is InChI=1S/C16H11N3O5S/c1-18-15(21)12(14(20)17-16(18)25)8-11-6-7-13(24-11)9-2-4-10(5-3-9)19(22)23/h2-8H,1H3,(H,17,20,25)/b12-8-. The smallest absolute Gasteiger partial charge is 0.269 e. The zero-order valence-electron chi connectivity index (χ0n) is 12.9. The van der Waals surface area contributed by atoms with Crippen molar-refractivity contribution < 1.29 is 18.9 Å². The van der Waals surface area contributed by atoms with Crippen LogP contribution in [-0.4, -0.2) is 33.8 Å². The molecule has 2 heterocycles. The maximum atomic E-state index is 12.1. The second-order valence-corrected chi connectivity index (χ2v) is 5.57. The predicted octanol–water partition coefficient (Wildman–Crippen LogP) is 2.11. The van der Waals surface area contributed by atoms with Gasteiger partial charge in [-0.3, -0.25) is 29.9 Å². The summed E-state index contributed by atoms with van der Waals surface area (Å²) in [6.07, 6.45) is 1.32. The number of likely N-dealkylation sites (N-methyl/N-ethyl adjacent to an activating group) is 1. The summed E-state index contributed by atoms with van der Waals surface area (Å²) >= 11 is 4.87. The second kappa shape index (κ2) is 6.29. The number of benzene rings is 1. The summed E-state index contributed by atoms with van der Waals surface area (Å²) in [5, 5.41) is 13.1. The monoisotopic (exact) mass is 357 g/mol. The lowest BCUT2D eigenvalue weighted by atomic mass is 10.1. The van der Waals surface area contributed by atoms with Gasteiger partial charge in [-0.2, -0.15) is 0 Å². The van der Waals surface area contributed by atoms with E-state index in [0.717, 1.165) is 4.90 Å². The number of nitrogens with zero attached hydrogens (tertiary/aromatic N) is 2. The van der Waals surface area contributed by atoms with Crippen LogP contribution >= 0.6 is 12.2 Å². The van der Waals surface area contributed by atoms with E-state index >= 15 is 0 Å². The third kappa shape index (κ3) is 3.17. The van der Waals surface area contributed by atoms with E-state index in [4.69, 9.17) is 16.6 Å². The number of amides is 2. The first kappa shape index (κ1) is 16.5. The van der Waals surface area contributed by atoms with Gasteiger partial charge in [0.15, 0.2) is 5.11 Å². The Morgan fingerprint density at radius 3 is 2.52 bits per heavy atom. The normalized spacial score (nSPS) is 16.3. The zero-order valence-corrected chi connectivity index (χ0v) is 13.7. The van der Waals surface area contributed by atoms with Crippen molar-refractivity contribution >= 4 is 40.9 Å². The van der Waals surface area contributed by atoms with Crippen molar-refractivity contribution in [3.8, 4) is 11.3 Å². The molecule has 2 amide bonds. The predicted molar refractivity (Wildman–Crippen MR) is 92.3 cm³/mol. The molecule has 0 atom stereocenters. The van der Waals surface area contributed by atoms with E-state index in [1.165, 1.54) is 25.3 Å². The number of hydrogen-bond donors (Lipinski definition) is 1. The van der Waals surface area contributed by atoms with Gasteiger partial charge in [-0.05, 0) is 42.6 Å². The number of hydrogen-bond acceptors (Lipinski definition) is 6. The highest BCUT2D eigenvalue weighted by Crippen LogP contribution is 2.26. The van der Waals surface area contributed by atoms with Gasteiger partial charge < -0.3 is 4.42 Å². The maximum absolute atomic E-state index is 12.1. The molecule has 1 aliphatic rings. The topological polar surface area (TPSA) is 106 Å². The minimum absolute atomic E-state index is 0.0267. The van der Waals surface area contributed by atoms with Crippen LogP contribution in [-0.2, 0) is 9.59 Å². The second-order valence-electron chi connectivity index (χ2n) is 5.19. The molecule has 0 unspecified atom stereocenters. The molecule has 1 aromatic heterocycles. The molecule has 0 spiro atoms. The zero-order chi connectivity index (χ0) is 18.1. The molecule has 2 aromatic rings. The number of nitro benzene ring substituents is 1. The Bertz CT molecular complexity index is 930. The highest BCUT2D eigenvalue weighted by atomic mass is 32.1. The quantitative estimate of drug-likeness (QED) is 0.296. The molecule has 0 aliphatic carbocycles. The van der Waals surface area contributed by atoms with Crippen LogP contribution in [0.1, 0.15) is 5.76 Å². The summed E-state index contributed by atoms with van der Waals surface area (Å²) in [5.41, 5.74) is 0.509. The van der Waals surface area contributed by atoms with Crippen molar-refractivity contribution in [1.82, 2.24) is 10.2 Å². The Balaban J connectivity index is 1.88. The van der Waals surface area contributed by atoms with Crippen LogP contribution in [0, 0.1) is 10.1 Å². The summed E-state index contributed by atoms with van der Waals surface area (Å²) in [6, 6.07) is 9.08. The van der Waals surface area contributed by atoms with Gasteiger partial charge in [-0.1, -0.05) is 0 Å². The lowest BCUT2D eigenvalue weighted by Gasteiger charge is -2.24. The van der Waals surface area contributed by atoms with E-state index in [-0.39, 0.29) is 16.4 Å². The van der Waals surface area contributed by atoms with Gasteiger partial charge in [-0.15, -0.1) is 0 Å². The van der Waals surface area contributed by atoms with Crippen LogP contribution in [0.4, 0.5) is 5.69 Å². The minimum atomic E-state index is -0.596. The van der Waals surface area contributed by atoms with Crippen LogP contribution in [0.2, 0.25) is 0 Å². The fourth-order valence-corrected chi connectivity index (χ4v) is 2.40. The summed E-state index contributed by atoms with van der Waals surface area (Å²) in [6.45, 7) is 0. The van der Waals surface area contributed by atoms with Crippen molar-refractivity contribution in [3.63, 3.8) is 0 Å². The van der Waals surface area contributed by atoms with Gasteiger partial charge in [0.05, 0.1) is 4.92 Å². The lowest BCUT2D eigenvalue weighted by molar-refractivity contribution is -0.384. The van der Waals surface area contributed by atoms with Crippen molar-refractivity contribution in [2.75, 3.05) is 7.05 Å². The van der Waals surface area contributed by atoms with E-state index in [2.05, 4.69) is 5.32 Å². The average Bonchev–Trinajstić information content (AvgIpc) is 3.05. The van der Waals surface area contributed by atoms with E-state index in [1.54, 1.807) is 24.3 Å². The Hall–Kier alpha value is -3.33. The highest BCUT2D eigenvalue weighted by molar-refractivity contribution is 7.80. The van der Waals surface area contributed by atoms with Crippen LogP contribution in [0.25, 0.3) is 17.4 Å². The van der Waals surface area contributed by atoms with Gasteiger partial charge >= 0.3 is 0 Å². The minimum Gasteiger partial charge on any atom is -0.457 e. The van der Waals surface area contributed by atoms with E-state index in [9.17, 15) is 19.7 Å². The summed E-state index contributed by atoms with van der Waals surface area (Å²) in [4.78, 5) is 35.4. The summed E-state index contributed by atoms with van der Waals surface area (Å²) in [5.74, 6) is -0.370. The van der Waals surface area contributed by atoms with Gasteiger partial charge in [0.2, 0.25) is 0 Å². The third-order valence-electron chi connectivity index (χ3n) is 3.58. The summed E-state index contributed by atoms with van der Waals surface area (Å²) in [7, 11) is 1.46. The molecular weight excluding hydrogens is 346 g/mol. The van der Waals surface area contributed by atoms with Gasteiger partial charge in [0.1, 0.15) is 17.1 Å². The summed E-state index contributed by atoms with van der Waals surface area (Å²) < 4.78 is 5.60. The first-order valence-electron chi connectivity index (χ1n) is 7.06. The van der Waals surface area contributed by atoms with E-state index < -0.39 is 16.7 Å². The molecule has 8 nitrogen and oxygen atoms in total. The number of carbonyl (C=O) groups is 2. The lowest BCUT2D eigenvalue weighted by Crippen LogP contribution is -2.52. The Morgan fingerprint density at radius 2 is 1.88 bits per heavy atom. The molecule has 3 rings (SSSR count). The molecule has 0 radical (unpaired) electrons. The largest absolute Gasteiger partial charge is 0.457 e. The van der Waals surface area contributed by atoms with Crippen LogP contribution in [0.15, 0.2) is 46.4 Å². The van der Waals surface area contributed by atoms with Gasteiger partial charge in [0, 0.05) is 24.7 Å². The highest BCUT2D eigenvalue weighted by Gasteiger charge is 2.31. The molecule has 1 aliphatic heterocycles. The molecule has 1 N–H and O–H groups in total. The number of nitrogens with one attached hydrogen (secondary N) is 1. The molecule has 1 saturated heterocycles. The van der Waals surface area contributed by atoms with Crippen LogP contribution < -0.4 is 5.32 Å². The first-order chi connectivity index (χ1) is 11.9. The number of nitro groups is 1. The number of carbonyl (C=O) groups excluding carboxylic acids is 2. The molecule has 126 valence electrons. The number of non-ortho nitro benzene ring substituents is 1. The third-order valence-corrected chi connectivity index (χ3v) is 3.96. The van der Waals surface area contributed by atoms with E-state index in [0.29, 0.717) is 17.1 Å². The molecular formula is C16H11N3O5S. The molecule has 25 heavy (non-hydrogen) atoms. The number of furan rings is 1. The van der Waals surface area contributed by atoms with Crippen LogP contribution in [0.5, 0.6) is 0 Å². The van der Waals surface area contributed by atoms with Crippen molar-refractivity contribution in [3.05, 3.63) is 57.8 Å². The number of rotatable bonds is 3. The van der Waals surface area contributed by atoms with Crippen molar-refractivity contribution in [1.29, 1.82) is 0 Å². The Morgan fingerprint density at radius 1 is 1.20 bits per heavy atom. The molecule has 1 fully saturated rings. The molecule has 9 heteroatoms. The molecule has 0 saturated carbocycles. The maximum Gasteiger partial charge on any atom is 0.269 e. The molecule has 0 bridgehead atoms. The fourth-order valence-electron chi connectivity index (χ4n) is 2.22. The van der Waals surface area contributed by atoms with Crippen molar-refractivity contribution in [2.24, 2.45) is 0 Å². The van der Waals surface area contributed by atoms with E-state index in [1.807, 2.05) is 0 Å². The van der Waals surface area contributed by atoms with Crippen LogP contribution in [0.3, 0.4) is 0 Å². The molecule has 1 aromatic carbocycles. The van der Waals surface area contributed by atoms with Gasteiger partial charge in [-0.25, -0.2) is 0 Å². The van der Waals surface area contributed by atoms with Crippen molar-refractivity contribution in [2.45, 2.75) is 0 Å². The Labute approximate surface area is 146 Å². The Kier molecular flexibility index (Phi) is 4.15. The number of thiocarbonyl (C=S) groups is 1. The first-order valence-corrected chi connectivity index (χ1v) is 7.47. The fraction of sp³-hybridized carbons (Fsp3) is 0.0625.